The van der Waals surface area contributed by atoms with Crippen molar-refractivity contribution in [2.75, 3.05) is 17.7 Å². The molecule has 28 heavy (non-hydrogen) atoms. The van der Waals surface area contributed by atoms with Crippen molar-refractivity contribution in [3.63, 3.8) is 0 Å². The van der Waals surface area contributed by atoms with E-state index in [2.05, 4.69) is 15.6 Å². The van der Waals surface area contributed by atoms with E-state index in [4.69, 9.17) is 4.74 Å². The number of anilines is 2. The van der Waals surface area contributed by atoms with Crippen LogP contribution in [0.4, 0.5) is 17.1 Å². The Morgan fingerprint density at radius 1 is 1.18 bits per heavy atom. The highest BCUT2D eigenvalue weighted by atomic mass is 16.6. The maximum atomic E-state index is 12.5. The van der Waals surface area contributed by atoms with Crippen LogP contribution in [0.25, 0.3) is 0 Å². The number of hydrogen-bond donors (Lipinski definition) is 2. The molecule has 0 fully saturated rings. The molecule has 0 bridgehead atoms. The Hall–Kier alpha value is -3.94. The fourth-order valence-corrected chi connectivity index (χ4v) is 2.58. The monoisotopic (exact) mass is 378 g/mol. The molecule has 1 aromatic heterocycles. The minimum Gasteiger partial charge on any atom is -0.497 e. The van der Waals surface area contributed by atoms with Crippen LogP contribution in [-0.2, 0) is 6.54 Å². The van der Waals surface area contributed by atoms with Gasteiger partial charge in [0.05, 0.1) is 12.0 Å². The molecule has 0 spiro atoms. The van der Waals surface area contributed by atoms with Crippen LogP contribution in [0.3, 0.4) is 0 Å². The smallest absolute Gasteiger partial charge is 0.293 e. The summed E-state index contributed by atoms with van der Waals surface area (Å²) in [6.45, 7) is 0.379. The van der Waals surface area contributed by atoms with E-state index in [1.54, 1.807) is 42.7 Å². The second kappa shape index (κ2) is 8.63. The minimum atomic E-state index is -0.520. The highest BCUT2D eigenvalue weighted by Gasteiger charge is 2.18. The lowest BCUT2D eigenvalue weighted by Gasteiger charge is -2.10. The summed E-state index contributed by atoms with van der Waals surface area (Å²) in [4.78, 5) is 27.4. The number of carbonyl (C=O) groups is 1. The van der Waals surface area contributed by atoms with E-state index in [1.165, 1.54) is 25.3 Å². The van der Waals surface area contributed by atoms with Crippen LogP contribution in [0.1, 0.15) is 15.9 Å². The van der Waals surface area contributed by atoms with Gasteiger partial charge in [-0.15, -0.1) is 0 Å². The Morgan fingerprint density at radius 2 is 2.04 bits per heavy atom. The average molecular weight is 378 g/mol. The van der Waals surface area contributed by atoms with Gasteiger partial charge in [-0.25, -0.2) is 0 Å². The van der Waals surface area contributed by atoms with Gasteiger partial charge in [-0.05, 0) is 35.9 Å². The third-order valence-corrected chi connectivity index (χ3v) is 3.99. The second-order valence-electron chi connectivity index (χ2n) is 5.89. The quantitative estimate of drug-likeness (QED) is 0.478. The van der Waals surface area contributed by atoms with Crippen molar-refractivity contribution < 1.29 is 14.5 Å². The van der Waals surface area contributed by atoms with E-state index >= 15 is 0 Å². The van der Waals surface area contributed by atoms with Gasteiger partial charge in [-0.2, -0.15) is 0 Å². The van der Waals surface area contributed by atoms with Crippen LogP contribution in [0.2, 0.25) is 0 Å². The molecule has 142 valence electrons. The molecule has 0 aliphatic heterocycles. The molecule has 1 amide bonds. The van der Waals surface area contributed by atoms with Gasteiger partial charge in [-0.1, -0.05) is 12.1 Å². The standard InChI is InChI=1S/C20H18N4O4/c1-28-17-6-2-5-16(11-17)23-20(25)15-7-8-18(19(10-15)24(26)27)22-13-14-4-3-9-21-12-14/h2-12,22H,13H2,1H3,(H,23,25). The normalized spacial score (nSPS) is 10.2. The van der Waals surface area contributed by atoms with E-state index in [1.807, 2.05) is 6.07 Å². The fourth-order valence-electron chi connectivity index (χ4n) is 2.58. The van der Waals surface area contributed by atoms with Crippen molar-refractivity contribution in [1.82, 2.24) is 4.98 Å². The topological polar surface area (TPSA) is 106 Å². The molecule has 0 saturated heterocycles. The van der Waals surface area contributed by atoms with Crippen molar-refractivity contribution in [3.05, 3.63) is 88.2 Å². The first-order valence-electron chi connectivity index (χ1n) is 8.43. The Balaban J connectivity index is 1.77. The van der Waals surface area contributed by atoms with E-state index < -0.39 is 10.8 Å². The number of ether oxygens (including phenoxy) is 1. The summed E-state index contributed by atoms with van der Waals surface area (Å²) in [7, 11) is 1.53. The van der Waals surface area contributed by atoms with Crippen molar-refractivity contribution in [3.8, 4) is 5.75 Å². The molecule has 2 aromatic carbocycles. The van der Waals surface area contributed by atoms with E-state index in [0.717, 1.165) is 5.56 Å². The van der Waals surface area contributed by atoms with Crippen LogP contribution in [0.5, 0.6) is 5.75 Å². The molecule has 0 aliphatic carbocycles. The molecule has 8 heteroatoms. The number of benzene rings is 2. The molecule has 2 N–H and O–H groups in total. The van der Waals surface area contributed by atoms with Gasteiger partial charge >= 0.3 is 0 Å². The number of carbonyl (C=O) groups excluding carboxylic acids is 1. The van der Waals surface area contributed by atoms with Crippen molar-refractivity contribution in [1.29, 1.82) is 0 Å². The summed E-state index contributed by atoms with van der Waals surface area (Å²) >= 11 is 0. The van der Waals surface area contributed by atoms with Gasteiger partial charge in [-0.3, -0.25) is 19.9 Å². The van der Waals surface area contributed by atoms with Crippen molar-refractivity contribution in [2.45, 2.75) is 6.54 Å². The first-order chi connectivity index (χ1) is 13.6. The van der Waals surface area contributed by atoms with E-state index in [-0.39, 0.29) is 11.3 Å². The van der Waals surface area contributed by atoms with Crippen LogP contribution < -0.4 is 15.4 Å². The molecule has 0 radical (unpaired) electrons. The number of methoxy groups -OCH3 is 1. The lowest BCUT2D eigenvalue weighted by atomic mass is 10.1. The number of hydrogen-bond acceptors (Lipinski definition) is 6. The Morgan fingerprint density at radius 3 is 2.75 bits per heavy atom. The lowest BCUT2D eigenvalue weighted by molar-refractivity contribution is -0.384. The molecular formula is C20H18N4O4. The van der Waals surface area contributed by atoms with Crippen molar-refractivity contribution in [2.24, 2.45) is 0 Å². The zero-order valence-corrected chi connectivity index (χ0v) is 15.1. The molecule has 0 atom stereocenters. The third kappa shape index (κ3) is 4.61. The van der Waals surface area contributed by atoms with Crippen molar-refractivity contribution >= 4 is 23.0 Å². The van der Waals surface area contributed by atoms with Gasteiger partial charge in [0.15, 0.2) is 0 Å². The summed E-state index contributed by atoms with van der Waals surface area (Å²) in [6, 6.07) is 14.8. The molecule has 0 unspecified atom stereocenters. The average Bonchev–Trinajstić information content (AvgIpc) is 2.73. The van der Waals surface area contributed by atoms with Gasteiger partial charge in [0.25, 0.3) is 11.6 Å². The number of nitrogens with zero attached hydrogens (tertiary/aromatic N) is 2. The summed E-state index contributed by atoms with van der Waals surface area (Å²) in [5.74, 6) is 0.147. The number of nitro benzene ring substituents is 1. The second-order valence-corrected chi connectivity index (χ2v) is 5.89. The SMILES string of the molecule is COc1cccc(NC(=O)c2ccc(NCc3cccnc3)c([N+](=O)[O-])c2)c1. The molecular weight excluding hydrogens is 360 g/mol. The Kier molecular flexibility index (Phi) is 5.81. The summed E-state index contributed by atoms with van der Waals surface area (Å²) in [6.07, 6.45) is 3.33. The van der Waals surface area contributed by atoms with Crippen LogP contribution >= 0.6 is 0 Å². The van der Waals surface area contributed by atoms with Gasteiger partial charge in [0, 0.05) is 42.3 Å². The number of rotatable bonds is 7. The number of aromatic nitrogens is 1. The number of amides is 1. The molecule has 3 rings (SSSR count). The highest BCUT2D eigenvalue weighted by molar-refractivity contribution is 6.05. The first kappa shape index (κ1) is 18.8. The fraction of sp³-hybridized carbons (Fsp3) is 0.100. The van der Waals surface area contributed by atoms with E-state index in [0.29, 0.717) is 23.7 Å². The molecule has 8 nitrogen and oxygen atoms in total. The lowest BCUT2D eigenvalue weighted by Crippen LogP contribution is -2.13. The van der Waals surface area contributed by atoms with Gasteiger partial charge in [0.2, 0.25) is 0 Å². The molecule has 3 aromatic rings. The summed E-state index contributed by atoms with van der Waals surface area (Å²) in [5, 5.41) is 17.2. The molecule has 0 saturated carbocycles. The number of nitrogens with one attached hydrogen (secondary N) is 2. The first-order valence-corrected chi connectivity index (χ1v) is 8.43. The maximum absolute atomic E-state index is 12.5. The number of nitro groups is 1. The predicted molar refractivity (Wildman–Crippen MR) is 106 cm³/mol. The zero-order chi connectivity index (χ0) is 19.9. The Labute approximate surface area is 161 Å². The maximum Gasteiger partial charge on any atom is 0.293 e. The Bertz CT molecular complexity index is 993. The summed E-state index contributed by atoms with van der Waals surface area (Å²) in [5.41, 5.74) is 1.75. The largest absolute Gasteiger partial charge is 0.497 e. The van der Waals surface area contributed by atoms with Gasteiger partial charge in [0.1, 0.15) is 11.4 Å². The van der Waals surface area contributed by atoms with Gasteiger partial charge < -0.3 is 15.4 Å². The molecule has 0 aliphatic rings. The van der Waals surface area contributed by atoms with E-state index in [9.17, 15) is 14.9 Å². The summed E-state index contributed by atoms with van der Waals surface area (Å²) < 4.78 is 5.12. The van der Waals surface area contributed by atoms with Crippen LogP contribution in [0, 0.1) is 10.1 Å². The predicted octanol–water partition coefficient (Wildman–Crippen LogP) is 3.86. The molecule has 1 heterocycles. The zero-order valence-electron chi connectivity index (χ0n) is 15.1. The minimum absolute atomic E-state index is 0.179. The van der Waals surface area contributed by atoms with Crippen LogP contribution in [-0.4, -0.2) is 22.9 Å². The third-order valence-electron chi connectivity index (χ3n) is 3.99. The number of pyridine rings is 1. The van der Waals surface area contributed by atoms with Crippen LogP contribution in [0.15, 0.2) is 67.0 Å². The highest BCUT2D eigenvalue weighted by Crippen LogP contribution is 2.27.